The van der Waals surface area contributed by atoms with E-state index in [4.69, 9.17) is 15.3 Å². The van der Waals surface area contributed by atoms with Gasteiger partial charge in [0.05, 0.1) is 13.0 Å². The molecule has 0 spiro atoms. The molecule has 0 atom stereocenters. The predicted molar refractivity (Wildman–Crippen MR) is 46.3 cm³/mol. The van der Waals surface area contributed by atoms with Crippen LogP contribution in [0.4, 0.5) is 0 Å². The lowest BCUT2D eigenvalue weighted by atomic mass is 10.2. The molecular formula is C8H12O5. The number of carbonyl (C=O) groups is 2. The smallest absolute Gasteiger partial charge is 0.331 e. The summed E-state index contributed by atoms with van der Waals surface area (Å²) in [7, 11) is 0. The standard InChI is InChI=1S/C5H6O4.C3H6O/c1-3(5(8)9)2-4(6)7;1-2-3-4/h1-2H2,(H,6,7)(H,8,9);2,4H,1,3H2. The molecule has 0 aromatic rings. The molecule has 5 nitrogen and oxygen atoms in total. The summed E-state index contributed by atoms with van der Waals surface area (Å²) in [5.74, 6) is -2.44. The number of hydrogen-bond acceptors (Lipinski definition) is 3. The van der Waals surface area contributed by atoms with E-state index in [0.717, 1.165) is 0 Å². The average Bonchev–Trinajstić information content (AvgIpc) is 2.03. The molecule has 5 heteroatoms. The monoisotopic (exact) mass is 188 g/mol. The van der Waals surface area contributed by atoms with Crippen LogP contribution in [0.3, 0.4) is 0 Å². The van der Waals surface area contributed by atoms with Crippen molar-refractivity contribution in [2.75, 3.05) is 6.61 Å². The normalized spacial score (nSPS) is 7.77. The highest BCUT2D eigenvalue weighted by Crippen LogP contribution is 1.95. The van der Waals surface area contributed by atoms with Crippen molar-refractivity contribution in [3.63, 3.8) is 0 Å². The molecular weight excluding hydrogens is 176 g/mol. The van der Waals surface area contributed by atoms with E-state index in [2.05, 4.69) is 13.2 Å². The lowest BCUT2D eigenvalue weighted by Gasteiger charge is -1.91. The van der Waals surface area contributed by atoms with Crippen molar-refractivity contribution in [2.45, 2.75) is 6.42 Å². The zero-order valence-corrected chi connectivity index (χ0v) is 7.06. The van der Waals surface area contributed by atoms with Gasteiger partial charge in [0.25, 0.3) is 0 Å². The lowest BCUT2D eigenvalue weighted by molar-refractivity contribution is -0.139. The minimum atomic E-state index is -1.27. The van der Waals surface area contributed by atoms with Gasteiger partial charge in [-0.2, -0.15) is 0 Å². The number of hydrogen-bond donors (Lipinski definition) is 3. The third kappa shape index (κ3) is 13.4. The number of carboxylic acids is 2. The Bertz CT molecular complexity index is 207. The molecule has 0 unspecified atom stereocenters. The molecule has 0 aromatic carbocycles. The van der Waals surface area contributed by atoms with Crippen LogP contribution in [0.2, 0.25) is 0 Å². The van der Waals surface area contributed by atoms with Crippen LogP contribution in [0, 0.1) is 0 Å². The Hall–Kier alpha value is -1.62. The Morgan fingerprint density at radius 3 is 1.77 bits per heavy atom. The molecule has 0 amide bonds. The fraction of sp³-hybridized carbons (Fsp3) is 0.250. The summed E-state index contributed by atoms with van der Waals surface area (Å²) >= 11 is 0. The summed E-state index contributed by atoms with van der Waals surface area (Å²) in [6, 6.07) is 0. The molecule has 0 heterocycles. The van der Waals surface area contributed by atoms with Gasteiger partial charge in [-0.3, -0.25) is 4.79 Å². The number of rotatable bonds is 4. The molecule has 74 valence electrons. The first-order valence-electron chi connectivity index (χ1n) is 3.30. The Morgan fingerprint density at radius 1 is 1.31 bits per heavy atom. The lowest BCUT2D eigenvalue weighted by Crippen LogP contribution is -2.04. The van der Waals surface area contributed by atoms with Gasteiger partial charge in [-0.25, -0.2) is 4.79 Å². The number of aliphatic carboxylic acids is 2. The van der Waals surface area contributed by atoms with E-state index in [1.54, 1.807) is 0 Å². The van der Waals surface area contributed by atoms with E-state index < -0.39 is 18.4 Å². The highest BCUT2D eigenvalue weighted by atomic mass is 16.4. The fourth-order valence-electron chi connectivity index (χ4n) is 0.258. The molecule has 0 fully saturated rings. The molecule has 0 bridgehead atoms. The highest BCUT2D eigenvalue weighted by molar-refractivity contribution is 5.91. The largest absolute Gasteiger partial charge is 0.481 e. The second-order valence-corrected chi connectivity index (χ2v) is 1.95. The van der Waals surface area contributed by atoms with Crippen LogP contribution in [0.5, 0.6) is 0 Å². The summed E-state index contributed by atoms with van der Waals surface area (Å²) in [5.41, 5.74) is -0.303. The number of aliphatic hydroxyl groups excluding tert-OH is 1. The number of aliphatic hydroxyl groups is 1. The van der Waals surface area contributed by atoms with Crippen molar-refractivity contribution < 1.29 is 24.9 Å². The zero-order chi connectivity index (χ0) is 10.9. The maximum absolute atomic E-state index is 9.87. The first kappa shape index (κ1) is 13.9. The molecule has 0 aliphatic rings. The van der Waals surface area contributed by atoms with Crippen LogP contribution >= 0.6 is 0 Å². The first-order chi connectivity index (χ1) is 5.95. The van der Waals surface area contributed by atoms with Crippen LogP contribution in [0.25, 0.3) is 0 Å². The van der Waals surface area contributed by atoms with Crippen molar-refractivity contribution in [1.82, 2.24) is 0 Å². The number of carboxylic acid groups (broad SMARTS) is 2. The van der Waals surface area contributed by atoms with E-state index in [1.807, 2.05) is 0 Å². The van der Waals surface area contributed by atoms with E-state index in [9.17, 15) is 9.59 Å². The van der Waals surface area contributed by atoms with Gasteiger partial charge >= 0.3 is 11.9 Å². The first-order valence-corrected chi connectivity index (χ1v) is 3.30. The van der Waals surface area contributed by atoms with Crippen molar-refractivity contribution >= 4 is 11.9 Å². The summed E-state index contributed by atoms with van der Waals surface area (Å²) < 4.78 is 0. The van der Waals surface area contributed by atoms with Crippen LogP contribution in [0.1, 0.15) is 6.42 Å². The molecule has 0 aliphatic heterocycles. The Kier molecular flexibility index (Phi) is 9.09. The van der Waals surface area contributed by atoms with Crippen LogP contribution < -0.4 is 0 Å². The Labute approximate surface area is 75.6 Å². The topological polar surface area (TPSA) is 94.8 Å². The van der Waals surface area contributed by atoms with E-state index >= 15 is 0 Å². The fourth-order valence-corrected chi connectivity index (χ4v) is 0.258. The maximum atomic E-state index is 9.87. The Morgan fingerprint density at radius 2 is 1.69 bits per heavy atom. The van der Waals surface area contributed by atoms with Gasteiger partial charge in [-0.05, 0) is 0 Å². The second-order valence-electron chi connectivity index (χ2n) is 1.95. The molecule has 0 radical (unpaired) electrons. The van der Waals surface area contributed by atoms with Gasteiger partial charge in [0.2, 0.25) is 0 Å². The van der Waals surface area contributed by atoms with Gasteiger partial charge in [0.1, 0.15) is 0 Å². The predicted octanol–water partition coefficient (Wildman–Crippen LogP) is 0.267. The molecule has 0 aromatic heterocycles. The quantitative estimate of drug-likeness (QED) is 0.434. The summed E-state index contributed by atoms with van der Waals surface area (Å²) in [4.78, 5) is 19.7. The van der Waals surface area contributed by atoms with Gasteiger partial charge in [-0.1, -0.05) is 12.7 Å². The van der Waals surface area contributed by atoms with Crippen molar-refractivity contribution in [2.24, 2.45) is 0 Å². The van der Waals surface area contributed by atoms with E-state index in [1.165, 1.54) is 6.08 Å². The maximum Gasteiger partial charge on any atom is 0.331 e. The molecule has 0 saturated carbocycles. The minimum absolute atomic E-state index is 0.0833. The highest BCUT2D eigenvalue weighted by Gasteiger charge is 2.07. The second kappa shape index (κ2) is 8.48. The van der Waals surface area contributed by atoms with Crippen LogP contribution in [-0.4, -0.2) is 33.9 Å². The third-order valence-corrected chi connectivity index (χ3v) is 0.796. The minimum Gasteiger partial charge on any atom is -0.481 e. The summed E-state index contributed by atoms with van der Waals surface area (Å²) in [6.07, 6.45) is 0.926. The summed E-state index contributed by atoms with van der Waals surface area (Å²) in [6.45, 7) is 6.33. The third-order valence-electron chi connectivity index (χ3n) is 0.796. The van der Waals surface area contributed by atoms with Gasteiger partial charge in [-0.15, -0.1) is 6.58 Å². The molecule has 13 heavy (non-hydrogen) atoms. The van der Waals surface area contributed by atoms with Crippen molar-refractivity contribution in [3.8, 4) is 0 Å². The van der Waals surface area contributed by atoms with Gasteiger partial charge in [0, 0.05) is 5.57 Å². The van der Waals surface area contributed by atoms with Crippen LogP contribution in [0.15, 0.2) is 24.8 Å². The van der Waals surface area contributed by atoms with Crippen molar-refractivity contribution in [3.05, 3.63) is 24.8 Å². The molecule has 3 N–H and O–H groups in total. The molecule has 0 rings (SSSR count). The Balaban J connectivity index is 0. The summed E-state index contributed by atoms with van der Waals surface area (Å²) in [5, 5.41) is 23.8. The van der Waals surface area contributed by atoms with Crippen molar-refractivity contribution in [1.29, 1.82) is 0 Å². The van der Waals surface area contributed by atoms with Gasteiger partial charge in [0.15, 0.2) is 0 Å². The SMILES string of the molecule is C=C(CC(=O)O)C(=O)O.C=CCO. The average molecular weight is 188 g/mol. The van der Waals surface area contributed by atoms with E-state index in [0.29, 0.717) is 0 Å². The van der Waals surface area contributed by atoms with E-state index in [-0.39, 0.29) is 12.2 Å². The molecule has 0 aliphatic carbocycles. The van der Waals surface area contributed by atoms with Crippen LogP contribution in [-0.2, 0) is 9.59 Å². The van der Waals surface area contributed by atoms with Gasteiger partial charge < -0.3 is 15.3 Å². The zero-order valence-electron chi connectivity index (χ0n) is 7.06. The molecule has 0 saturated heterocycles.